The van der Waals surface area contributed by atoms with Crippen LogP contribution in [0.25, 0.3) is 0 Å². The van der Waals surface area contributed by atoms with Crippen molar-refractivity contribution in [2.45, 2.75) is 38.3 Å². The first-order valence-corrected chi connectivity index (χ1v) is 6.80. The summed E-state index contributed by atoms with van der Waals surface area (Å²) >= 11 is 0. The zero-order valence-corrected chi connectivity index (χ0v) is 12.5. The predicted molar refractivity (Wildman–Crippen MR) is 80.1 cm³/mol. The maximum Gasteiger partial charge on any atom is 0.222 e. The first-order chi connectivity index (χ1) is 9.06. The van der Waals surface area contributed by atoms with Crippen molar-refractivity contribution in [3.05, 3.63) is 35.6 Å². The van der Waals surface area contributed by atoms with Crippen molar-refractivity contribution in [2.75, 3.05) is 7.05 Å². The Kier molecular flexibility index (Phi) is 6.43. The predicted octanol–water partition coefficient (Wildman–Crippen LogP) is 2.72. The fraction of sp³-hybridized carbons (Fsp3) is 0.533. The molecule has 0 aliphatic heterocycles. The molecule has 1 saturated carbocycles. The van der Waals surface area contributed by atoms with Gasteiger partial charge in [-0.15, -0.1) is 12.4 Å². The van der Waals surface area contributed by atoms with E-state index in [4.69, 9.17) is 5.73 Å². The molecule has 3 nitrogen and oxygen atoms in total. The highest BCUT2D eigenvalue weighted by atomic mass is 35.5. The fourth-order valence-corrected chi connectivity index (χ4v) is 2.65. The van der Waals surface area contributed by atoms with Crippen LogP contribution >= 0.6 is 12.4 Å². The van der Waals surface area contributed by atoms with Gasteiger partial charge in [-0.25, -0.2) is 4.39 Å². The maximum absolute atomic E-state index is 12.8. The van der Waals surface area contributed by atoms with Gasteiger partial charge >= 0.3 is 0 Å². The van der Waals surface area contributed by atoms with Crippen LogP contribution in [-0.2, 0) is 11.3 Å². The summed E-state index contributed by atoms with van der Waals surface area (Å²) in [6, 6.07) is 6.42. The summed E-state index contributed by atoms with van der Waals surface area (Å²) in [5, 5.41) is 0. The Morgan fingerprint density at radius 3 is 2.55 bits per heavy atom. The van der Waals surface area contributed by atoms with Crippen molar-refractivity contribution >= 4 is 18.3 Å². The SMILES string of the molecule is CN(Cc1ccc(F)cc1)C(=O)C[C@@H]1CCC[C@H]1N.Cl. The number of carbonyl (C=O) groups excluding carboxylic acids is 1. The Balaban J connectivity index is 0.00000200. The van der Waals surface area contributed by atoms with Gasteiger partial charge in [-0.1, -0.05) is 18.6 Å². The Morgan fingerprint density at radius 1 is 1.35 bits per heavy atom. The van der Waals surface area contributed by atoms with Crippen LogP contribution in [0, 0.1) is 11.7 Å². The van der Waals surface area contributed by atoms with E-state index in [2.05, 4.69) is 0 Å². The van der Waals surface area contributed by atoms with Crippen LogP contribution in [0.15, 0.2) is 24.3 Å². The fourth-order valence-electron chi connectivity index (χ4n) is 2.65. The second-order valence-corrected chi connectivity index (χ2v) is 5.44. The molecule has 1 fully saturated rings. The Labute approximate surface area is 125 Å². The third-order valence-corrected chi connectivity index (χ3v) is 3.91. The van der Waals surface area contributed by atoms with E-state index in [0.29, 0.717) is 18.9 Å². The molecule has 0 spiro atoms. The van der Waals surface area contributed by atoms with Crippen molar-refractivity contribution in [1.82, 2.24) is 4.90 Å². The topological polar surface area (TPSA) is 46.3 Å². The van der Waals surface area contributed by atoms with Gasteiger partial charge in [-0.3, -0.25) is 4.79 Å². The highest BCUT2D eigenvalue weighted by molar-refractivity contribution is 5.85. The molecule has 2 atom stereocenters. The number of amides is 1. The van der Waals surface area contributed by atoms with E-state index in [1.54, 1.807) is 24.1 Å². The number of carbonyl (C=O) groups is 1. The average Bonchev–Trinajstić information content (AvgIpc) is 2.78. The number of nitrogens with zero attached hydrogens (tertiary/aromatic N) is 1. The van der Waals surface area contributed by atoms with Crippen molar-refractivity contribution in [3.8, 4) is 0 Å². The molecule has 112 valence electrons. The minimum absolute atomic E-state index is 0. The van der Waals surface area contributed by atoms with Gasteiger partial charge in [0, 0.05) is 26.1 Å². The lowest BCUT2D eigenvalue weighted by Crippen LogP contribution is -2.32. The number of hydrogen-bond donors (Lipinski definition) is 1. The summed E-state index contributed by atoms with van der Waals surface area (Å²) in [7, 11) is 1.78. The minimum atomic E-state index is -0.255. The first-order valence-electron chi connectivity index (χ1n) is 6.80. The zero-order valence-electron chi connectivity index (χ0n) is 11.7. The van der Waals surface area contributed by atoms with E-state index < -0.39 is 0 Å². The molecule has 0 heterocycles. The highest BCUT2D eigenvalue weighted by Gasteiger charge is 2.27. The lowest BCUT2D eigenvalue weighted by atomic mass is 9.99. The largest absolute Gasteiger partial charge is 0.341 e. The Bertz CT molecular complexity index is 438. The van der Waals surface area contributed by atoms with Crippen molar-refractivity contribution in [1.29, 1.82) is 0 Å². The summed E-state index contributed by atoms with van der Waals surface area (Å²) in [6.45, 7) is 0.515. The summed E-state index contributed by atoms with van der Waals surface area (Å²) in [6.07, 6.45) is 3.73. The summed E-state index contributed by atoms with van der Waals surface area (Å²) in [5.74, 6) is 0.185. The Hall–Kier alpha value is -1.13. The quantitative estimate of drug-likeness (QED) is 0.929. The molecule has 0 bridgehead atoms. The van der Waals surface area contributed by atoms with Gasteiger partial charge in [0.2, 0.25) is 5.91 Å². The van der Waals surface area contributed by atoms with Crippen molar-refractivity contribution in [3.63, 3.8) is 0 Å². The molecular weight excluding hydrogens is 279 g/mol. The van der Waals surface area contributed by atoms with Crippen LogP contribution in [-0.4, -0.2) is 23.9 Å². The van der Waals surface area contributed by atoms with E-state index in [1.807, 2.05) is 0 Å². The number of benzene rings is 1. The van der Waals surface area contributed by atoms with Gasteiger partial charge in [0.15, 0.2) is 0 Å². The van der Waals surface area contributed by atoms with Crippen molar-refractivity contribution in [2.24, 2.45) is 11.7 Å². The van der Waals surface area contributed by atoms with Crippen LogP contribution in [0.4, 0.5) is 4.39 Å². The molecule has 20 heavy (non-hydrogen) atoms. The Morgan fingerprint density at radius 2 is 2.00 bits per heavy atom. The lowest BCUT2D eigenvalue weighted by molar-refractivity contribution is -0.131. The number of rotatable bonds is 4. The van der Waals surface area contributed by atoms with Gasteiger partial charge in [0.25, 0.3) is 0 Å². The number of hydrogen-bond acceptors (Lipinski definition) is 2. The van der Waals surface area contributed by atoms with Crippen LogP contribution < -0.4 is 5.73 Å². The van der Waals surface area contributed by atoms with Crippen LogP contribution in [0.2, 0.25) is 0 Å². The van der Waals surface area contributed by atoms with E-state index in [1.165, 1.54) is 12.1 Å². The molecule has 1 aliphatic rings. The van der Waals surface area contributed by atoms with E-state index in [9.17, 15) is 9.18 Å². The van der Waals surface area contributed by atoms with E-state index in [-0.39, 0.29) is 30.2 Å². The molecule has 0 aromatic heterocycles. The third kappa shape index (κ3) is 4.46. The monoisotopic (exact) mass is 300 g/mol. The zero-order chi connectivity index (χ0) is 13.8. The van der Waals surface area contributed by atoms with Gasteiger partial charge in [0.05, 0.1) is 0 Å². The molecular formula is C15H22ClFN2O. The molecule has 2 N–H and O–H groups in total. The molecule has 1 aliphatic carbocycles. The molecule has 0 radical (unpaired) electrons. The first kappa shape index (κ1) is 16.9. The van der Waals surface area contributed by atoms with Gasteiger partial charge < -0.3 is 10.6 Å². The molecule has 0 unspecified atom stereocenters. The van der Waals surface area contributed by atoms with Crippen LogP contribution in [0.5, 0.6) is 0 Å². The molecule has 1 aromatic rings. The van der Waals surface area contributed by atoms with E-state index >= 15 is 0 Å². The lowest BCUT2D eigenvalue weighted by Gasteiger charge is -2.21. The smallest absolute Gasteiger partial charge is 0.222 e. The second kappa shape index (κ2) is 7.60. The average molecular weight is 301 g/mol. The van der Waals surface area contributed by atoms with Crippen molar-refractivity contribution < 1.29 is 9.18 Å². The molecule has 1 amide bonds. The van der Waals surface area contributed by atoms with Crippen LogP contribution in [0.3, 0.4) is 0 Å². The number of halogens is 2. The van der Waals surface area contributed by atoms with Crippen LogP contribution in [0.1, 0.15) is 31.2 Å². The standard InChI is InChI=1S/C15H21FN2O.ClH/c1-18(10-11-5-7-13(16)8-6-11)15(19)9-12-3-2-4-14(12)17;/h5-8,12,14H,2-4,9-10,17H2,1H3;1H/t12-,14+;/m0./s1. The van der Waals surface area contributed by atoms with Gasteiger partial charge in [0.1, 0.15) is 5.82 Å². The normalized spacial score (nSPS) is 21.4. The maximum atomic E-state index is 12.8. The van der Waals surface area contributed by atoms with Gasteiger partial charge in [-0.2, -0.15) is 0 Å². The van der Waals surface area contributed by atoms with Gasteiger partial charge in [-0.05, 0) is 36.5 Å². The molecule has 1 aromatic carbocycles. The summed E-state index contributed by atoms with van der Waals surface area (Å²) < 4.78 is 12.8. The second-order valence-electron chi connectivity index (χ2n) is 5.44. The molecule has 5 heteroatoms. The third-order valence-electron chi connectivity index (χ3n) is 3.91. The minimum Gasteiger partial charge on any atom is -0.341 e. The molecule has 2 rings (SSSR count). The molecule has 0 saturated heterocycles. The van der Waals surface area contributed by atoms with E-state index in [0.717, 1.165) is 24.8 Å². The highest BCUT2D eigenvalue weighted by Crippen LogP contribution is 2.27. The summed E-state index contributed by atoms with van der Waals surface area (Å²) in [4.78, 5) is 13.8. The number of nitrogens with two attached hydrogens (primary N) is 1. The summed E-state index contributed by atoms with van der Waals surface area (Å²) in [5.41, 5.74) is 6.92.